The first-order valence-corrected chi connectivity index (χ1v) is 6.88. The monoisotopic (exact) mass is 289 g/mol. The van der Waals surface area contributed by atoms with Crippen LogP contribution in [0, 0.1) is 5.92 Å². The van der Waals surface area contributed by atoms with Crippen LogP contribution >= 0.6 is 0 Å². The van der Waals surface area contributed by atoms with Crippen molar-refractivity contribution in [1.82, 2.24) is 25.5 Å². The highest BCUT2D eigenvalue weighted by molar-refractivity contribution is 5.77. The van der Waals surface area contributed by atoms with Gasteiger partial charge in [0.05, 0.1) is 5.69 Å². The summed E-state index contributed by atoms with van der Waals surface area (Å²) in [5, 5.41) is 13.8. The Morgan fingerprint density at radius 2 is 2.10 bits per heavy atom. The second kappa shape index (κ2) is 7.37. The molecule has 2 rings (SSSR count). The highest BCUT2D eigenvalue weighted by Crippen LogP contribution is 2.13. The zero-order valence-corrected chi connectivity index (χ0v) is 12.2. The van der Waals surface area contributed by atoms with Crippen LogP contribution in [-0.2, 0) is 4.79 Å². The highest BCUT2D eigenvalue weighted by atomic mass is 16.5. The molecule has 1 amide bonds. The fraction of sp³-hybridized carbons (Fsp3) is 0.429. The summed E-state index contributed by atoms with van der Waals surface area (Å²) in [6, 6.07) is 7.20. The number of nitrogens with zero attached hydrogens (tertiary/aromatic N) is 4. The Morgan fingerprint density at radius 1 is 1.33 bits per heavy atom. The molecule has 0 aliphatic rings. The summed E-state index contributed by atoms with van der Waals surface area (Å²) >= 11 is 0. The van der Waals surface area contributed by atoms with E-state index in [1.54, 1.807) is 16.8 Å². The number of carbonyl (C=O) groups is 1. The largest absolute Gasteiger partial charge is 0.484 e. The second-order valence-electron chi connectivity index (χ2n) is 5.07. The SMILES string of the molecule is CC(C)CCNC(=O)COc1ccc(-n2cnnn2)cc1. The molecule has 0 saturated carbocycles. The van der Waals surface area contributed by atoms with Crippen molar-refractivity contribution in [2.75, 3.05) is 13.2 Å². The summed E-state index contributed by atoms with van der Waals surface area (Å²) in [7, 11) is 0. The van der Waals surface area contributed by atoms with Crippen LogP contribution < -0.4 is 10.1 Å². The molecule has 2 aromatic rings. The van der Waals surface area contributed by atoms with Crippen LogP contribution in [0.3, 0.4) is 0 Å². The van der Waals surface area contributed by atoms with Gasteiger partial charge in [-0.15, -0.1) is 5.10 Å². The fourth-order valence-electron chi connectivity index (χ4n) is 1.67. The van der Waals surface area contributed by atoms with Crippen LogP contribution in [0.2, 0.25) is 0 Å². The van der Waals surface area contributed by atoms with Crippen LogP contribution in [-0.4, -0.2) is 39.3 Å². The Labute approximate surface area is 123 Å². The standard InChI is InChI=1S/C14H19N5O2/c1-11(2)7-8-15-14(20)9-21-13-5-3-12(4-6-13)19-10-16-17-18-19/h3-6,10-11H,7-9H2,1-2H3,(H,15,20). The molecule has 0 saturated heterocycles. The maximum Gasteiger partial charge on any atom is 0.257 e. The molecular formula is C14H19N5O2. The molecule has 7 nitrogen and oxygen atoms in total. The number of hydrogen-bond acceptors (Lipinski definition) is 5. The van der Waals surface area contributed by atoms with Crippen molar-refractivity contribution in [2.45, 2.75) is 20.3 Å². The molecule has 1 aromatic heterocycles. The van der Waals surface area contributed by atoms with Crippen LogP contribution in [0.4, 0.5) is 0 Å². The van der Waals surface area contributed by atoms with Gasteiger partial charge in [0.25, 0.3) is 5.91 Å². The molecular weight excluding hydrogens is 270 g/mol. The lowest BCUT2D eigenvalue weighted by Gasteiger charge is -2.09. The molecule has 1 N–H and O–H groups in total. The molecule has 0 fully saturated rings. The van der Waals surface area contributed by atoms with Crippen LogP contribution in [0.25, 0.3) is 5.69 Å². The predicted molar refractivity (Wildman–Crippen MR) is 77.1 cm³/mol. The van der Waals surface area contributed by atoms with Gasteiger partial charge in [-0.3, -0.25) is 4.79 Å². The third kappa shape index (κ3) is 4.87. The van der Waals surface area contributed by atoms with Crippen molar-refractivity contribution in [1.29, 1.82) is 0 Å². The number of tetrazole rings is 1. The minimum absolute atomic E-state index is 0.0162. The zero-order valence-electron chi connectivity index (χ0n) is 12.2. The number of nitrogens with one attached hydrogen (secondary N) is 1. The van der Waals surface area contributed by atoms with Gasteiger partial charge in [-0.05, 0) is 47.0 Å². The summed E-state index contributed by atoms with van der Waals surface area (Å²) in [6.07, 6.45) is 2.48. The number of ether oxygens (including phenoxy) is 1. The number of carbonyl (C=O) groups excluding carboxylic acids is 1. The van der Waals surface area contributed by atoms with Gasteiger partial charge in [-0.25, -0.2) is 4.68 Å². The summed E-state index contributed by atoms with van der Waals surface area (Å²) in [5.74, 6) is 1.09. The van der Waals surface area contributed by atoms with Crippen molar-refractivity contribution in [3.05, 3.63) is 30.6 Å². The van der Waals surface area contributed by atoms with E-state index in [1.807, 2.05) is 12.1 Å². The molecule has 1 heterocycles. The smallest absolute Gasteiger partial charge is 0.257 e. The van der Waals surface area contributed by atoms with E-state index in [0.29, 0.717) is 18.2 Å². The normalized spacial score (nSPS) is 10.6. The molecule has 1 aromatic carbocycles. The quantitative estimate of drug-likeness (QED) is 0.828. The van der Waals surface area contributed by atoms with Gasteiger partial charge < -0.3 is 10.1 Å². The van der Waals surface area contributed by atoms with Crippen molar-refractivity contribution in [3.63, 3.8) is 0 Å². The van der Waals surface area contributed by atoms with E-state index in [2.05, 4.69) is 34.7 Å². The van der Waals surface area contributed by atoms with Crippen molar-refractivity contribution < 1.29 is 9.53 Å². The molecule has 0 atom stereocenters. The second-order valence-corrected chi connectivity index (χ2v) is 5.07. The fourth-order valence-corrected chi connectivity index (χ4v) is 1.67. The Hall–Kier alpha value is -2.44. The minimum atomic E-state index is -0.111. The van der Waals surface area contributed by atoms with E-state index in [1.165, 1.54) is 6.33 Å². The summed E-state index contributed by atoms with van der Waals surface area (Å²) < 4.78 is 6.97. The number of rotatable bonds is 7. The van der Waals surface area contributed by atoms with Gasteiger partial charge >= 0.3 is 0 Å². The maximum absolute atomic E-state index is 11.6. The maximum atomic E-state index is 11.6. The lowest BCUT2D eigenvalue weighted by Crippen LogP contribution is -2.30. The number of aromatic nitrogens is 4. The van der Waals surface area contributed by atoms with Crippen molar-refractivity contribution >= 4 is 5.91 Å². The molecule has 0 aliphatic carbocycles. The van der Waals surface area contributed by atoms with Crippen molar-refractivity contribution in [3.8, 4) is 11.4 Å². The summed E-state index contributed by atoms with van der Waals surface area (Å²) in [4.78, 5) is 11.6. The minimum Gasteiger partial charge on any atom is -0.484 e. The number of amides is 1. The highest BCUT2D eigenvalue weighted by Gasteiger charge is 2.04. The van der Waals surface area contributed by atoms with Gasteiger partial charge in [-0.1, -0.05) is 13.8 Å². The third-order valence-corrected chi connectivity index (χ3v) is 2.86. The molecule has 0 spiro atoms. The van der Waals surface area contributed by atoms with Gasteiger partial charge in [0.1, 0.15) is 12.1 Å². The van der Waals surface area contributed by atoms with Gasteiger partial charge in [-0.2, -0.15) is 0 Å². The molecule has 0 radical (unpaired) electrons. The number of hydrogen-bond donors (Lipinski definition) is 1. The molecule has 21 heavy (non-hydrogen) atoms. The Morgan fingerprint density at radius 3 is 2.71 bits per heavy atom. The van der Waals surface area contributed by atoms with E-state index < -0.39 is 0 Å². The van der Waals surface area contributed by atoms with Gasteiger partial charge in [0.2, 0.25) is 0 Å². The first kappa shape index (κ1) is 15.0. The van der Waals surface area contributed by atoms with E-state index in [4.69, 9.17) is 4.74 Å². The Balaban J connectivity index is 1.77. The molecule has 0 unspecified atom stereocenters. The first-order valence-electron chi connectivity index (χ1n) is 6.88. The Bertz CT molecular complexity index is 551. The number of benzene rings is 1. The van der Waals surface area contributed by atoms with Crippen LogP contribution in [0.15, 0.2) is 30.6 Å². The van der Waals surface area contributed by atoms with E-state index in [9.17, 15) is 4.79 Å². The van der Waals surface area contributed by atoms with Gasteiger partial charge in [0.15, 0.2) is 6.61 Å². The summed E-state index contributed by atoms with van der Waals surface area (Å²) in [5.41, 5.74) is 0.828. The molecule has 7 heteroatoms. The third-order valence-electron chi connectivity index (χ3n) is 2.86. The molecule has 0 bridgehead atoms. The van der Waals surface area contributed by atoms with Gasteiger partial charge in [0, 0.05) is 6.54 Å². The average Bonchev–Trinajstić information content (AvgIpc) is 2.99. The topological polar surface area (TPSA) is 81.9 Å². The van der Waals surface area contributed by atoms with Crippen molar-refractivity contribution in [2.24, 2.45) is 5.92 Å². The average molecular weight is 289 g/mol. The zero-order chi connectivity index (χ0) is 15.1. The Kier molecular flexibility index (Phi) is 5.25. The van der Waals surface area contributed by atoms with E-state index in [-0.39, 0.29) is 12.5 Å². The molecule has 0 aliphatic heterocycles. The van der Waals surface area contributed by atoms with Crippen LogP contribution in [0.1, 0.15) is 20.3 Å². The molecule has 112 valence electrons. The predicted octanol–water partition coefficient (Wildman–Crippen LogP) is 1.20. The lowest BCUT2D eigenvalue weighted by molar-refractivity contribution is -0.123. The summed E-state index contributed by atoms with van der Waals surface area (Å²) in [6.45, 7) is 4.93. The van der Waals surface area contributed by atoms with Crippen LogP contribution in [0.5, 0.6) is 5.75 Å². The van der Waals surface area contributed by atoms with E-state index in [0.717, 1.165) is 12.1 Å². The van der Waals surface area contributed by atoms with E-state index >= 15 is 0 Å². The lowest BCUT2D eigenvalue weighted by atomic mass is 10.1. The first-order chi connectivity index (χ1) is 10.1.